The van der Waals surface area contributed by atoms with Gasteiger partial charge in [-0.2, -0.15) is 0 Å². The fourth-order valence-corrected chi connectivity index (χ4v) is 3.00. The highest BCUT2D eigenvalue weighted by Crippen LogP contribution is 2.22. The summed E-state index contributed by atoms with van der Waals surface area (Å²) in [5.41, 5.74) is 0. The third-order valence-corrected chi connectivity index (χ3v) is 3.84. The predicted molar refractivity (Wildman–Crippen MR) is 85.5 cm³/mol. The lowest BCUT2D eigenvalue weighted by Gasteiger charge is -2.19. The van der Waals surface area contributed by atoms with Crippen LogP contribution in [0.5, 0.6) is 0 Å². The molecule has 20 heavy (non-hydrogen) atoms. The van der Waals surface area contributed by atoms with Crippen LogP contribution in [0.3, 0.4) is 0 Å². The maximum absolute atomic E-state index is 11.9. The predicted octanol–water partition coefficient (Wildman–Crippen LogP) is 3.75. The molecule has 0 radical (unpaired) electrons. The van der Waals surface area contributed by atoms with Gasteiger partial charge >= 0.3 is 5.97 Å². The quantitative estimate of drug-likeness (QED) is 0.585. The maximum Gasteiger partial charge on any atom is 0.323 e. The first-order valence-corrected chi connectivity index (χ1v) is 8.20. The second-order valence-electron chi connectivity index (χ2n) is 4.72. The number of esters is 1. The minimum Gasteiger partial charge on any atom is -0.465 e. The number of carbonyl (C=O) groups is 1. The van der Waals surface area contributed by atoms with Gasteiger partial charge in [0.15, 0.2) is 0 Å². The monoisotopic (exact) mass is 315 g/mol. The zero-order valence-corrected chi connectivity index (χ0v) is 13.8. The maximum atomic E-state index is 11.9. The average Bonchev–Trinajstić information content (AvgIpc) is 2.37. The molecular formula is C15H22ClNO2S. The lowest BCUT2D eigenvalue weighted by molar-refractivity contribution is -0.145. The van der Waals surface area contributed by atoms with Crippen LogP contribution in [0, 0.1) is 0 Å². The molecule has 1 aromatic carbocycles. The Balaban J connectivity index is 2.47. The van der Waals surface area contributed by atoms with Gasteiger partial charge < -0.3 is 10.1 Å². The van der Waals surface area contributed by atoms with Crippen LogP contribution < -0.4 is 5.32 Å². The Morgan fingerprint density at radius 1 is 1.45 bits per heavy atom. The number of halogens is 1. The molecule has 0 aliphatic carbocycles. The molecule has 1 rings (SSSR count). The summed E-state index contributed by atoms with van der Waals surface area (Å²) in [5.74, 6) is 0.664. The van der Waals surface area contributed by atoms with E-state index in [1.807, 2.05) is 45.0 Å². The molecule has 0 aliphatic heterocycles. The second-order valence-corrected chi connectivity index (χ2v) is 6.33. The second kappa shape index (κ2) is 9.27. The van der Waals surface area contributed by atoms with Crippen LogP contribution >= 0.6 is 23.4 Å². The number of rotatable bonds is 8. The van der Waals surface area contributed by atoms with Crippen molar-refractivity contribution in [3.8, 4) is 0 Å². The topological polar surface area (TPSA) is 38.3 Å². The molecule has 5 heteroatoms. The van der Waals surface area contributed by atoms with Crippen molar-refractivity contribution in [3.05, 3.63) is 29.3 Å². The van der Waals surface area contributed by atoms with E-state index in [0.717, 1.165) is 22.1 Å². The number of nitrogens with one attached hydrogen (secondary N) is 1. The van der Waals surface area contributed by atoms with Gasteiger partial charge in [0.05, 0.1) is 6.61 Å². The summed E-state index contributed by atoms with van der Waals surface area (Å²) in [6, 6.07) is 7.74. The van der Waals surface area contributed by atoms with Crippen molar-refractivity contribution in [2.24, 2.45) is 0 Å². The lowest BCUT2D eigenvalue weighted by atomic mass is 10.2. The molecule has 1 aromatic rings. The first-order valence-electron chi connectivity index (χ1n) is 6.84. The number of hydrogen-bond acceptors (Lipinski definition) is 4. The molecular weight excluding hydrogens is 294 g/mol. The number of thioether (sulfide) groups is 1. The number of carbonyl (C=O) groups excluding carboxylic acids is 1. The summed E-state index contributed by atoms with van der Waals surface area (Å²) in [4.78, 5) is 13.0. The number of benzene rings is 1. The van der Waals surface area contributed by atoms with Gasteiger partial charge in [0.25, 0.3) is 0 Å². The normalized spacial score (nSPS) is 12.4. The van der Waals surface area contributed by atoms with Gasteiger partial charge in [0.1, 0.15) is 6.04 Å². The standard InChI is InChI=1S/C15H22ClNO2S/c1-4-19-15(18)14(17-11(2)3)8-9-20-13-7-5-6-12(16)10-13/h5-7,10-11,14,17H,4,8-9H2,1-3H3. The zero-order chi connectivity index (χ0) is 15.0. The smallest absolute Gasteiger partial charge is 0.323 e. The summed E-state index contributed by atoms with van der Waals surface area (Å²) >= 11 is 7.64. The van der Waals surface area contributed by atoms with Crippen LogP contribution in [0.4, 0.5) is 0 Å². The third kappa shape index (κ3) is 6.64. The van der Waals surface area contributed by atoms with Crippen molar-refractivity contribution < 1.29 is 9.53 Å². The first-order chi connectivity index (χ1) is 9.52. The fourth-order valence-electron chi connectivity index (χ4n) is 1.77. The van der Waals surface area contributed by atoms with Crippen LogP contribution in [0.2, 0.25) is 5.02 Å². The molecule has 3 nitrogen and oxygen atoms in total. The van der Waals surface area contributed by atoms with Gasteiger partial charge in [0.2, 0.25) is 0 Å². The van der Waals surface area contributed by atoms with Gasteiger partial charge in [-0.15, -0.1) is 11.8 Å². The van der Waals surface area contributed by atoms with E-state index in [4.69, 9.17) is 16.3 Å². The van der Waals surface area contributed by atoms with E-state index < -0.39 is 0 Å². The van der Waals surface area contributed by atoms with Crippen molar-refractivity contribution in [3.63, 3.8) is 0 Å². The molecule has 0 saturated heterocycles. The van der Waals surface area contributed by atoms with Crippen molar-refractivity contribution in [1.29, 1.82) is 0 Å². The highest BCUT2D eigenvalue weighted by molar-refractivity contribution is 7.99. The minimum atomic E-state index is -0.248. The Hall–Kier alpha value is -0.710. The van der Waals surface area contributed by atoms with Crippen LogP contribution in [0.25, 0.3) is 0 Å². The van der Waals surface area contributed by atoms with Gasteiger partial charge in [-0.05, 0) is 31.5 Å². The molecule has 1 atom stereocenters. The largest absolute Gasteiger partial charge is 0.465 e. The summed E-state index contributed by atoms with van der Waals surface area (Å²) < 4.78 is 5.09. The highest BCUT2D eigenvalue weighted by atomic mass is 35.5. The Morgan fingerprint density at radius 3 is 2.80 bits per heavy atom. The summed E-state index contributed by atoms with van der Waals surface area (Å²) in [6.45, 7) is 6.29. The molecule has 0 bridgehead atoms. The molecule has 0 aliphatic rings. The third-order valence-electron chi connectivity index (χ3n) is 2.58. The average molecular weight is 316 g/mol. The molecule has 1 N–H and O–H groups in total. The molecule has 0 heterocycles. The van der Waals surface area contributed by atoms with E-state index in [1.54, 1.807) is 11.8 Å². The van der Waals surface area contributed by atoms with Crippen molar-refractivity contribution in [1.82, 2.24) is 5.32 Å². The molecule has 0 saturated carbocycles. The number of hydrogen-bond donors (Lipinski definition) is 1. The molecule has 112 valence electrons. The Kier molecular flexibility index (Phi) is 8.04. The van der Waals surface area contributed by atoms with E-state index in [9.17, 15) is 4.79 Å². The first kappa shape index (κ1) is 17.3. The molecule has 1 unspecified atom stereocenters. The summed E-state index contributed by atoms with van der Waals surface area (Å²) in [5, 5.41) is 3.98. The van der Waals surface area contributed by atoms with Crippen molar-refractivity contribution >= 4 is 29.3 Å². The van der Waals surface area contributed by atoms with Crippen LogP contribution in [0.1, 0.15) is 27.2 Å². The Morgan fingerprint density at radius 2 is 2.20 bits per heavy atom. The SMILES string of the molecule is CCOC(=O)C(CCSc1cccc(Cl)c1)NC(C)C. The molecule has 0 aromatic heterocycles. The van der Waals surface area contributed by atoms with Gasteiger partial charge in [0, 0.05) is 21.7 Å². The highest BCUT2D eigenvalue weighted by Gasteiger charge is 2.19. The van der Waals surface area contributed by atoms with E-state index >= 15 is 0 Å². The fraction of sp³-hybridized carbons (Fsp3) is 0.533. The molecule has 0 fully saturated rings. The van der Waals surface area contributed by atoms with Crippen molar-refractivity contribution in [2.75, 3.05) is 12.4 Å². The van der Waals surface area contributed by atoms with Gasteiger partial charge in [-0.1, -0.05) is 31.5 Å². The molecule has 0 amide bonds. The van der Waals surface area contributed by atoms with Crippen LogP contribution in [0.15, 0.2) is 29.2 Å². The van der Waals surface area contributed by atoms with Gasteiger partial charge in [-0.25, -0.2) is 0 Å². The molecule has 0 spiro atoms. The number of ether oxygens (including phenoxy) is 1. The van der Waals surface area contributed by atoms with Crippen LogP contribution in [-0.4, -0.2) is 30.4 Å². The summed E-state index contributed by atoms with van der Waals surface area (Å²) in [7, 11) is 0. The van der Waals surface area contributed by atoms with E-state index in [-0.39, 0.29) is 18.1 Å². The van der Waals surface area contributed by atoms with Crippen molar-refractivity contribution in [2.45, 2.75) is 44.2 Å². The van der Waals surface area contributed by atoms with E-state index in [0.29, 0.717) is 6.61 Å². The van der Waals surface area contributed by atoms with Crippen LogP contribution in [-0.2, 0) is 9.53 Å². The Labute approximate surface area is 130 Å². The Bertz CT molecular complexity index is 426. The zero-order valence-electron chi connectivity index (χ0n) is 12.2. The van der Waals surface area contributed by atoms with E-state index in [2.05, 4.69) is 5.32 Å². The van der Waals surface area contributed by atoms with Gasteiger partial charge in [-0.3, -0.25) is 4.79 Å². The lowest BCUT2D eigenvalue weighted by Crippen LogP contribution is -2.42. The van der Waals surface area contributed by atoms with E-state index in [1.165, 1.54) is 0 Å². The minimum absolute atomic E-state index is 0.173. The summed E-state index contributed by atoms with van der Waals surface area (Å²) in [6.07, 6.45) is 0.730.